The van der Waals surface area contributed by atoms with E-state index in [4.69, 9.17) is 31.5 Å². The van der Waals surface area contributed by atoms with E-state index >= 15 is 0 Å². The Hall–Kier alpha value is -1.91. The van der Waals surface area contributed by atoms with E-state index in [1.165, 1.54) is 0 Å². The lowest BCUT2D eigenvalue weighted by Crippen LogP contribution is -1.98. The van der Waals surface area contributed by atoms with Crippen LogP contribution in [0, 0.1) is 0 Å². The maximum Gasteiger partial charge on any atom is 0.231 e. The number of nitrogens with two attached hydrogens (primary N) is 1. The normalized spacial score (nSPS) is 12.5. The minimum absolute atomic E-state index is 0.208. The van der Waals surface area contributed by atoms with Crippen molar-refractivity contribution in [1.29, 1.82) is 0 Å². The molecule has 0 unspecified atom stereocenters. The van der Waals surface area contributed by atoms with Crippen LogP contribution in [-0.4, -0.2) is 6.79 Å². The smallest absolute Gasteiger partial charge is 0.231 e. The summed E-state index contributed by atoms with van der Waals surface area (Å²) in [6.45, 7) is 1.15. The Kier molecular flexibility index (Phi) is 3.67. The van der Waals surface area contributed by atoms with Crippen molar-refractivity contribution in [2.45, 2.75) is 13.2 Å². The van der Waals surface area contributed by atoms with E-state index in [9.17, 15) is 0 Å². The molecule has 0 aliphatic carbocycles. The molecular weight excluding hydrogens is 278 g/mol. The van der Waals surface area contributed by atoms with Gasteiger partial charge in [-0.2, -0.15) is 0 Å². The SMILES string of the molecule is NCc1ccc(OCc2cc(Cl)c3c(c2)OCO3)cc1. The average Bonchev–Trinajstić information content (AvgIpc) is 2.94. The van der Waals surface area contributed by atoms with Crippen LogP contribution in [0.15, 0.2) is 36.4 Å². The molecule has 1 heterocycles. The molecule has 2 aromatic rings. The molecule has 0 radical (unpaired) electrons. The molecule has 5 heteroatoms. The summed E-state index contributed by atoms with van der Waals surface area (Å²) >= 11 is 6.12. The summed E-state index contributed by atoms with van der Waals surface area (Å²) < 4.78 is 16.3. The largest absolute Gasteiger partial charge is 0.489 e. The molecule has 20 heavy (non-hydrogen) atoms. The first-order valence-corrected chi connectivity index (χ1v) is 6.64. The average molecular weight is 292 g/mol. The van der Waals surface area contributed by atoms with Crippen molar-refractivity contribution in [2.75, 3.05) is 6.79 Å². The van der Waals surface area contributed by atoms with Gasteiger partial charge in [0.15, 0.2) is 11.5 Å². The Morgan fingerprint density at radius 3 is 2.65 bits per heavy atom. The summed E-state index contributed by atoms with van der Waals surface area (Å²) in [5, 5.41) is 0.539. The van der Waals surface area contributed by atoms with Crippen LogP contribution in [0.5, 0.6) is 17.2 Å². The molecule has 0 fully saturated rings. The van der Waals surface area contributed by atoms with Crippen molar-refractivity contribution in [3.63, 3.8) is 0 Å². The molecule has 0 saturated carbocycles. The predicted octanol–water partition coefficient (Wildman–Crippen LogP) is 3.11. The zero-order chi connectivity index (χ0) is 13.9. The fraction of sp³-hybridized carbons (Fsp3) is 0.200. The van der Waals surface area contributed by atoms with Crippen LogP contribution in [0.4, 0.5) is 0 Å². The number of benzene rings is 2. The molecule has 3 rings (SSSR count). The monoisotopic (exact) mass is 291 g/mol. The summed E-state index contributed by atoms with van der Waals surface area (Å²) in [7, 11) is 0. The third-order valence-corrected chi connectivity index (χ3v) is 3.33. The lowest BCUT2D eigenvalue weighted by atomic mass is 10.2. The highest BCUT2D eigenvalue weighted by Crippen LogP contribution is 2.39. The van der Waals surface area contributed by atoms with Gasteiger partial charge < -0.3 is 19.9 Å². The van der Waals surface area contributed by atoms with Gasteiger partial charge in [-0.3, -0.25) is 0 Å². The second-order valence-corrected chi connectivity index (χ2v) is 4.86. The van der Waals surface area contributed by atoms with Crippen LogP contribution >= 0.6 is 11.6 Å². The topological polar surface area (TPSA) is 53.7 Å². The lowest BCUT2D eigenvalue weighted by Gasteiger charge is -2.08. The molecule has 0 atom stereocenters. The van der Waals surface area contributed by atoms with Crippen molar-refractivity contribution in [3.05, 3.63) is 52.5 Å². The highest BCUT2D eigenvalue weighted by molar-refractivity contribution is 6.32. The zero-order valence-corrected chi connectivity index (χ0v) is 11.5. The summed E-state index contributed by atoms with van der Waals surface area (Å²) in [6.07, 6.45) is 0. The summed E-state index contributed by atoms with van der Waals surface area (Å²) in [5.41, 5.74) is 7.56. The van der Waals surface area contributed by atoms with E-state index in [0.29, 0.717) is 29.7 Å². The van der Waals surface area contributed by atoms with Crippen molar-refractivity contribution >= 4 is 11.6 Å². The Balaban J connectivity index is 1.70. The highest BCUT2D eigenvalue weighted by Gasteiger charge is 2.18. The van der Waals surface area contributed by atoms with Crippen LogP contribution < -0.4 is 19.9 Å². The van der Waals surface area contributed by atoms with Crippen molar-refractivity contribution in [3.8, 4) is 17.2 Å². The van der Waals surface area contributed by atoms with Gasteiger partial charge in [0.25, 0.3) is 0 Å². The molecule has 0 saturated heterocycles. The third-order valence-electron chi connectivity index (χ3n) is 3.05. The Morgan fingerprint density at radius 2 is 1.90 bits per heavy atom. The van der Waals surface area contributed by atoms with Crippen LogP contribution in [0.1, 0.15) is 11.1 Å². The minimum atomic E-state index is 0.208. The molecule has 0 amide bonds. The maximum absolute atomic E-state index is 6.12. The molecule has 2 aromatic carbocycles. The summed E-state index contributed by atoms with van der Waals surface area (Å²) in [4.78, 5) is 0. The van der Waals surface area contributed by atoms with Crippen LogP contribution in [0.2, 0.25) is 5.02 Å². The minimum Gasteiger partial charge on any atom is -0.489 e. The molecule has 0 spiro atoms. The summed E-state index contributed by atoms with van der Waals surface area (Å²) in [6, 6.07) is 11.4. The van der Waals surface area contributed by atoms with E-state index in [-0.39, 0.29) is 6.79 Å². The van der Waals surface area contributed by atoms with Gasteiger partial charge in [0.05, 0.1) is 5.02 Å². The highest BCUT2D eigenvalue weighted by atomic mass is 35.5. The van der Waals surface area contributed by atoms with E-state index < -0.39 is 0 Å². The number of rotatable bonds is 4. The first-order valence-electron chi connectivity index (χ1n) is 6.26. The van der Waals surface area contributed by atoms with E-state index in [2.05, 4.69) is 0 Å². The Labute approximate surface area is 122 Å². The van der Waals surface area contributed by atoms with Gasteiger partial charge in [-0.25, -0.2) is 0 Å². The molecule has 104 valence electrons. The Morgan fingerprint density at radius 1 is 1.10 bits per heavy atom. The molecule has 0 bridgehead atoms. The predicted molar refractivity (Wildman–Crippen MR) is 76.2 cm³/mol. The van der Waals surface area contributed by atoms with Gasteiger partial charge in [-0.15, -0.1) is 0 Å². The maximum atomic E-state index is 6.12. The molecule has 0 aromatic heterocycles. The van der Waals surface area contributed by atoms with E-state index in [0.717, 1.165) is 16.9 Å². The number of hydrogen-bond donors (Lipinski definition) is 1. The molecule has 1 aliphatic heterocycles. The number of ether oxygens (including phenoxy) is 3. The Bertz CT molecular complexity index is 613. The van der Waals surface area contributed by atoms with Crippen molar-refractivity contribution in [1.82, 2.24) is 0 Å². The molecule has 4 nitrogen and oxygen atoms in total. The van der Waals surface area contributed by atoms with Crippen LogP contribution in [0.3, 0.4) is 0 Å². The molecular formula is C15H14ClNO3. The first kappa shape index (κ1) is 13.1. The fourth-order valence-corrected chi connectivity index (χ4v) is 2.28. The second-order valence-electron chi connectivity index (χ2n) is 4.45. The number of fused-ring (bicyclic) bond motifs is 1. The van der Waals surface area contributed by atoms with Crippen LogP contribution in [0.25, 0.3) is 0 Å². The van der Waals surface area contributed by atoms with E-state index in [1.807, 2.05) is 36.4 Å². The first-order chi connectivity index (χ1) is 9.76. The van der Waals surface area contributed by atoms with Crippen molar-refractivity contribution in [2.24, 2.45) is 5.73 Å². The van der Waals surface area contributed by atoms with Gasteiger partial charge in [-0.05, 0) is 35.4 Å². The van der Waals surface area contributed by atoms with Gasteiger partial charge in [0.1, 0.15) is 12.4 Å². The fourth-order valence-electron chi connectivity index (χ4n) is 1.99. The van der Waals surface area contributed by atoms with Gasteiger partial charge in [-0.1, -0.05) is 23.7 Å². The molecule has 1 aliphatic rings. The molecule has 2 N–H and O–H groups in total. The van der Waals surface area contributed by atoms with Gasteiger partial charge in [0.2, 0.25) is 6.79 Å². The quantitative estimate of drug-likeness (QED) is 0.940. The zero-order valence-electron chi connectivity index (χ0n) is 10.8. The van der Waals surface area contributed by atoms with Gasteiger partial charge in [0, 0.05) is 6.54 Å². The van der Waals surface area contributed by atoms with Crippen molar-refractivity contribution < 1.29 is 14.2 Å². The number of halogens is 1. The third kappa shape index (κ3) is 2.66. The standard InChI is InChI=1S/C15H14ClNO3/c16-13-5-11(6-14-15(13)20-9-19-14)8-18-12-3-1-10(7-17)2-4-12/h1-6H,7-9,17H2. The number of hydrogen-bond acceptors (Lipinski definition) is 4. The summed E-state index contributed by atoms with van der Waals surface area (Å²) in [5.74, 6) is 2.05. The van der Waals surface area contributed by atoms with Crippen LogP contribution in [-0.2, 0) is 13.2 Å². The van der Waals surface area contributed by atoms with Gasteiger partial charge >= 0.3 is 0 Å². The van der Waals surface area contributed by atoms with E-state index in [1.54, 1.807) is 0 Å². The second kappa shape index (κ2) is 5.61. The lowest BCUT2D eigenvalue weighted by molar-refractivity contribution is 0.174.